The second-order valence-corrected chi connectivity index (χ2v) is 9.34. The van der Waals surface area contributed by atoms with Gasteiger partial charge in [-0.15, -0.1) is 11.3 Å². The minimum atomic E-state index is -0.161. The fourth-order valence-corrected chi connectivity index (χ4v) is 4.98. The van der Waals surface area contributed by atoms with Crippen molar-refractivity contribution < 1.29 is 9.53 Å². The smallest absolute Gasteiger partial charge is 0.259 e. The minimum Gasteiger partial charge on any atom is -0.496 e. The topological polar surface area (TPSA) is 67.7 Å². The Labute approximate surface area is 198 Å². The lowest BCUT2D eigenvalue weighted by Gasteiger charge is -2.22. The maximum Gasteiger partial charge on any atom is 0.259 e. The summed E-state index contributed by atoms with van der Waals surface area (Å²) in [6.07, 6.45) is 0.600. The number of benzene rings is 1. The number of aromatic nitrogens is 2. The van der Waals surface area contributed by atoms with Crippen LogP contribution >= 0.6 is 11.3 Å². The molecule has 0 saturated carbocycles. The van der Waals surface area contributed by atoms with Gasteiger partial charge in [0.15, 0.2) is 0 Å². The third-order valence-corrected chi connectivity index (χ3v) is 6.88. The Morgan fingerprint density at radius 3 is 2.73 bits per heavy atom. The molecule has 0 spiro atoms. The quantitative estimate of drug-likeness (QED) is 0.558. The molecule has 3 heterocycles. The number of hydrogen-bond donors (Lipinski definition) is 0. The van der Waals surface area contributed by atoms with Gasteiger partial charge < -0.3 is 14.2 Å². The number of rotatable bonds is 6. The first kappa shape index (κ1) is 23.2. The summed E-state index contributed by atoms with van der Waals surface area (Å²) in [4.78, 5) is 34.6. The second kappa shape index (κ2) is 9.89. The molecule has 33 heavy (non-hydrogen) atoms. The number of ether oxygens (including phenoxy) is 1. The first-order valence-electron chi connectivity index (χ1n) is 11.1. The van der Waals surface area contributed by atoms with Crippen molar-refractivity contribution in [2.45, 2.75) is 39.9 Å². The Morgan fingerprint density at radius 2 is 2.03 bits per heavy atom. The van der Waals surface area contributed by atoms with Crippen LogP contribution in [0.4, 0.5) is 0 Å². The van der Waals surface area contributed by atoms with Crippen molar-refractivity contribution in [3.8, 4) is 5.75 Å². The lowest BCUT2D eigenvalue weighted by Crippen LogP contribution is -2.32. The van der Waals surface area contributed by atoms with Crippen LogP contribution in [0.25, 0.3) is 0 Å². The van der Waals surface area contributed by atoms with E-state index >= 15 is 0 Å². The Morgan fingerprint density at radius 1 is 1.21 bits per heavy atom. The van der Waals surface area contributed by atoms with Gasteiger partial charge in [0.2, 0.25) is 0 Å². The van der Waals surface area contributed by atoms with Crippen LogP contribution in [0.5, 0.6) is 5.75 Å². The molecule has 1 aromatic carbocycles. The highest BCUT2D eigenvalue weighted by atomic mass is 32.1. The van der Waals surface area contributed by atoms with Gasteiger partial charge in [-0.05, 0) is 25.0 Å². The monoisotopic (exact) mass is 466 g/mol. The summed E-state index contributed by atoms with van der Waals surface area (Å²) in [6.45, 7) is 7.51. The van der Waals surface area contributed by atoms with Gasteiger partial charge in [0.25, 0.3) is 11.5 Å². The van der Waals surface area contributed by atoms with E-state index in [1.807, 2.05) is 5.38 Å². The molecular formula is C25H30N4O3S. The van der Waals surface area contributed by atoms with Gasteiger partial charge in [-0.2, -0.15) is 0 Å². The Kier molecular flexibility index (Phi) is 6.95. The van der Waals surface area contributed by atoms with Gasteiger partial charge in [-0.25, -0.2) is 4.98 Å². The van der Waals surface area contributed by atoms with Crippen molar-refractivity contribution in [2.24, 2.45) is 0 Å². The van der Waals surface area contributed by atoms with Crippen molar-refractivity contribution >= 4 is 17.2 Å². The van der Waals surface area contributed by atoms with Crippen LogP contribution in [-0.2, 0) is 26.1 Å². The van der Waals surface area contributed by atoms with Crippen molar-refractivity contribution in [1.29, 1.82) is 0 Å². The normalized spacial score (nSPS) is 13.9. The number of aryl methyl sites for hydroxylation is 2. The number of amides is 1. The van der Waals surface area contributed by atoms with Gasteiger partial charge in [-0.3, -0.25) is 14.5 Å². The summed E-state index contributed by atoms with van der Waals surface area (Å²) in [5.74, 6) is 0.177. The number of pyridine rings is 1. The largest absolute Gasteiger partial charge is 0.496 e. The highest BCUT2D eigenvalue weighted by Crippen LogP contribution is 2.25. The second-order valence-electron chi connectivity index (χ2n) is 8.62. The number of carbonyl (C=O) groups excluding carboxylic acids is 1. The fraction of sp³-hybridized carbons (Fsp3) is 0.400. The molecule has 0 saturated heterocycles. The van der Waals surface area contributed by atoms with Crippen LogP contribution < -0.4 is 10.3 Å². The molecule has 174 valence electrons. The molecule has 0 unspecified atom stereocenters. The number of thiazole rings is 1. The van der Waals surface area contributed by atoms with Crippen LogP contribution in [0.3, 0.4) is 0 Å². The molecule has 0 radical (unpaired) electrons. The minimum absolute atomic E-state index is 0.131. The average Bonchev–Trinajstić information content (AvgIpc) is 3.20. The molecule has 7 nitrogen and oxygen atoms in total. The van der Waals surface area contributed by atoms with E-state index in [1.54, 1.807) is 22.0 Å². The molecule has 8 heteroatoms. The molecule has 3 aromatic rings. The SMILES string of the molecule is COc1cc(=O)n2c(c1C(=O)N(C)Cc1cscn1)CCN(Cc1ccc(C)cc1C)CC2. The molecule has 0 aliphatic carbocycles. The summed E-state index contributed by atoms with van der Waals surface area (Å²) in [7, 11) is 3.26. The molecule has 0 fully saturated rings. The zero-order valence-corrected chi connectivity index (χ0v) is 20.4. The van der Waals surface area contributed by atoms with Crippen molar-refractivity contribution in [2.75, 3.05) is 27.2 Å². The van der Waals surface area contributed by atoms with Gasteiger partial charge in [0, 0.05) is 56.8 Å². The predicted molar refractivity (Wildman–Crippen MR) is 130 cm³/mol. The number of nitrogens with zero attached hydrogens (tertiary/aromatic N) is 4. The van der Waals surface area contributed by atoms with Gasteiger partial charge in [0.1, 0.15) is 11.3 Å². The molecule has 0 atom stereocenters. The third kappa shape index (κ3) is 5.02. The average molecular weight is 467 g/mol. The zero-order chi connectivity index (χ0) is 23.5. The maximum atomic E-state index is 13.5. The lowest BCUT2D eigenvalue weighted by molar-refractivity contribution is 0.0777. The van der Waals surface area contributed by atoms with Gasteiger partial charge >= 0.3 is 0 Å². The molecule has 4 rings (SSSR count). The Hall–Kier alpha value is -2.97. The number of methoxy groups -OCH3 is 1. The van der Waals surface area contributed by atoms with E-state index in [2.05, 4.69) is 41.9 Å². The van der Waals surface area contributed by atoms with E-state index in [-0.39, 0.29) is 11.5 Å². The Bertz CT molecular complexity index is 1200. The first-order chi connectivity index (χ1) is 15.9. The van der Waals surface area contributed by atoms with E-state index in [0.717, 1.165) is 31.0 Å². The molecule has 1 aliphatic heterocycles. The van der Waals surface area contributed by atoms with E-state index in [1.165, 1.54) is 41.2 Å². The summed E-state index contributed by atoms with van der Waals surface area (Å²) in [6, 6.07) is 7.96. The molecule has 1 aliphatic rings. The van der Waals surface area contributed by atoms with Crippen LogP contribution in [0, 0.1) is 13.8 Å². The van der Waals surface area contributed by atoms with Crippen LogP contribution in [-0.4, -0.2) is 52.5 Å². The van der Waals surface area contributed by atoms with E-state index in [4.69, 9.17) is 4.74 Å². The van der Waals surface area contributed by atoms with E-state index < -0.39 is 0 Å². The predicted octanol–water partition coefficient (Wildman–Crippen LogP) is 3.26. The highest BCUT2D eigenvalue weighted by molar-refractivity contribution is 7.07. The zero-order valence-electron chi connectivity index (χ0n) is 19.6. The summed E-state index contributed by atoms with van der Waals surface area (Å²) in [5.41, 5.74) is 7.50. The maximum absolute atomic E-state index is 13.5. The van der Waals surface area contributed by atoms with Crippen LogP contribution in [0.15, 0.2) is 40.0 Å². The van der Waals surface area contributed by atoms with Crippen molar-refractivity contribution in [1.82, 2.24) is 19.4 Å². The molecule has 0 bridgehead atoms. The standard InChI is InChI=1S/C25H30N4O3S/c1-17-5-6-19(18(2)11-17)13-28-8-7-21-24(22(32-4)12-23(30)29(21)10-9-28)25(31)27(3)14-20-15-33-16-26-20/h5-6,11-12,15-16H,7-10,13-14H2,1-4H3. The number of hydrogen-bond acceptors (Lipinski definition) is 6. The van der Waals surface area contributed by atoms with Crippen LogP contribution in [0.1, 0.15) is 38.4 Å². The third-order valence-electron chi connectivity index (χ3n) is 6.24. The Balaban J connectivity index is 1.61. The van der Waals surface area contributed by atoms with Crippen molar-refractivity contribution in [3.05, 3.63) is 79.2 Å². The lowest BCUT2D eigenvalue weighted by atomic mass is 10.0. The highest BCUT2D eigenvalue weighted by Gasteiger charge is 2.27. The van der Waals surface area contributed by atoms with Crippen molar-refractivity contribution in [3.63, 3.8) is 0 Å². The molecule has 1 amide bonds. The van der Waals surface area contributed by atoms with E-state index in [9.17, 15) is 9.59 Å². The summed E-state index contributed by atoms with van der Waals surface area (Å²) in [5, 5.41) is 1.93. The number of fused-ring (bicyclic) bond motifs is 1. The summed E-state index contributed by atoms with van der Waals surface area (Å²) >= 11 is 1.50. The number of carbonyl (C=O) groups is 1. The van der Waals surface area contributed by atoms with Gasteiger partial charge in [0.05, 0.1) is 24.9 Å². The summed E-state index contributed by atoms with van der Waals surface area (Å²) < 4.78 is 7.25. The fourth-order valence-electron chi connectivity index (χ4n) is 4.43. The molecular weight excluding hydrogens is 436 g/mol. The van der Waals surface area contributed by atoms with Crippen LogP contribution in [0.2, 0.25) is 0 Å². The molecule has 2 aromatic heterocycles. The molecule has 0 N–H and O–H groups in total. The van der Waals surface area contributed by atoms with Gasteiger partial charge in [-0.1, -0.05) is 23.8 Å². The van der Waals surface area contributed by atoms with E-state index in [0.29, 0.717) is 30.8 Å². The first-order valence-corrected chi connectivity index (χ1v) is 12.0.